The average Bonchev–Trinajstić information content (AvgIpc) is 2.08. The zero-order valence-electron chi connectivity index (χ0n) is 10.3. The van der Waals surface area contributed by atoms with Crippen LogP contribution in [0, 0.1) is 17.3 Å². The number of hydrogen-bond donors (Lipinski definition) is 0. The van der Waals surface area contributed by atoms with Gasteiger partial charge in [-0.15, -0.1) is 0 Å². The Hall–Kier alpha value is -0.370. The van der Waals surface area contributed by atoms with Crippen molar-refractivity contribution in [3.8, 4) is 0 Å². The summed E-state index contributed by atoms with van der Waals surface area (Å²) < 4.78 is 0. The predicted octanol–water partition coefficient (Wildman–Crippen LogP) is 2.33. The molecule has 0 N–H and O–H groups in total. The van der Waals surface area contributed by atoms with Gasteiger partial charge < -0.3 is 4.90 Å². The topological polar surface area (TPSA) is 20.3 Å². The molecule has 1 aliphatic heterocycles. The first-order chi connectivity index (χ1) is 6.96. The third-order valence-corrected chi connectivity index (χ3v) is 3.81. The zero-order valence-corrected chi connectivity index (χ0v) is 10.3. The summed E-state index contributed by atoms with van der Waals surface area (Å²) in [5.74, 6) is 1.60. The number of nitrogens with zero attached hydrogens (tertiary/aromatic N) is 1. The van der Waals surface area contributed by atoms with E-state index in [0.29, 0.717) is 17.1 Å². The highest BCUT2D eigenvalue weighted by Gasteiger charge is 2.37. The van der Waals surface area contributed by atoms with Crippen molar-refractivity contribution in [1.82, 2.24) is 4.90 Å². The van der Waals surface area contributed by atoms with Crippen LogP contribution in [-0.2, 0) is 4.79 Å². The number of ketones is 1. The Morgan fingerprint density at radius 3 is 2.67 bits per heavy atom. The van der Waals surface area contributed by atoms with Gasteiger partial charge in [0.05, 0.1) is 0 Å². The molecule has 1 saturated carbocycles. The molecule has 15 heavy (non-hydrogen) atoms. The second-order valence-corrected chi connectivity index (χ2v) is 6.38. The Morgan fingerprint density at radius 1 is 1.40 bits per heavy atom. The number of carbonyl (C=O) groups excluding carboxylic acids is 1. The monoisotopic (exact) mass is 209 g/mol. The van der Waals surface area contributed by atoms with E-state index in [0.717, 1.165) is 31.7 Å². The Bertz CT molecular complexity index is 251. The van der Waals surface area contributed by atoms with Gasteiger partial charge in [-0.05, 0) is 24.2 Å². The molecular weight excluding hydrogens is 186 g/mol. The molecule has 2 aliphatic rings. The van der Waals surface area contributed by atoms with Gasteiger partial charge in [-0.1, -0.05) is 20.8 Å². The minimum absolute atomic E-state index is 0.338. The molecule has 1 aliphatic carbocycles. The highest BCUT2D eigenvalue weighted by atomic mass is 16.1. The van der Waals surface area contributed by atoms with Gasteiger partial charge in [0.15, 0.2) is 0 Å². The summed E-state index contributed by atoms with van der Waals surface area (Å²) in [4.78, 5) is 14.2. The third kappa shape index (κ3) is 2.60. The minimum Gasteiger partial charge on any atom is -0.301 e. The Morgan fingerprint density at radius 2 is 2.07 bits per heavy atom. The van der Waals surface area contributed by atoms with Gasteiger partial charge in [0.25, 0.3) is 0 Å². The maximum absolute atomic E-state index is 11.8. The minimum atomic E-state index is 0.338. The fourth-order valence-electron chi connectivity index (χ4n) is 3.11. The molecule has 0 aromatic carbocycles. The summed E-state index contributed by atoms with van der Waals surface area (Å²) >= 11 is 0. The molecule has 86 valence electrons. The van der Waals surface area contributed by atoms with Crippen LogP contribution >= 0.6 is 0 Å². The lowest BCUT2D eigenvalue weighted by atomic mass is 9.78. The second-order valence-electron chi connectivity index (χ2n) is 6.38. The first kappa shape index (κ1) is 11.1. The van der Waals surface area contributed by atoms with Crippen LogP contribution in [0.5, 0.6) is 0 Å². The standard InChI is InChI=1S/C13H23NO/c1-10-4-5-12(15)11(6-10)7-14-8-13(2,3)9-14/h10-11H,4-9H2,1-3H3. The first-order valence-corrected chi connectivity index (χ1v) is 6.21. The Labute approximate surface area is 93.0 Å². The molecule has 2 heteroatoms. The zero-order chi connectivity index (χ0) is 11.1. The van der Waals surface area contributed by atoms with E-state index in [1.54, 1.807) is 0 Å². The summed E-state index contributed by atoms with van der Waals surface area (Å²) in [6, 6.07) is 0. The van der Waals surface area contributed by atoms with Crippen molar-refractivity contribution in [3.05, 3.63) is 0 Å². The van der Waals surface area contributed by atoms with Crippen molar-refractivity contribution in [2.24, 2.45) is 17.3 Å². The molecule has 0 amide bonds. The van der Waals surface area contributed by atoms with Gasteiger partial charge in [-0.2, -0.15) is 0 Å². The van der Waals surface area contributed by atoms with Crippen LogP contribution in [0.4, 0.5) is 0 Å². The highest BCUT2D eigenvalue weighted by Crippen LogP contribution is 2.32. The van der Waals surface area contributed by atoms with E-state index in [2.05, 4.69) is 25.7 Å². The van der Waals surface area contributed by atoms with Crippen molar-refractivity contribution < 1.29 is 4.79 Å². The normalized spacial score (nSPS) is 36.3. The largest absolute Gasteiger partial charge is 0.301 e. The highest BCUT2D eigenvalue weighted by molar-refractivity contribution is 5.81. The number of hydrogen-bond acceptors (Lipinski definition) is 2. The van der Waals surface area contributed by atoms with Gasteiger partial charge >= 0.3 is 0 Å². The Balaban J connectivity index is 1.81. The molecule has 2 atom stereocenters. The molecule has 1 heterocycles. The summed E-state index contributed by atoms with van der Waals surface area (Å²) in [5.41, 5.74) is 0.489. The van der Waals surface area contributed by atoms with E-state index in [-0.39, 0.29) is 0 Å². The molecule has 0 aromatic heterocycles. The maximum atomic E-state index is 11.8. The summed E-state index contributed by atoms with van der Waals surface area (Å²) in [7, 11) is 0. The smallest absolute Gasteiger partial charge is 0.137 e. The fourth-order valence-corrected chi connectivity index (χ4v) is 3.11. The maximum Gasteiger partial charge on any atom is 0.137 e. The van der Waals surface area contributed by atoms with E-state index in [4.69, 9.17) is 0 Å². The van der Waals surface area contributed by atoms with Gasteiger partial charge in [0.2, 0.25) is 0 Å². The third-order valence-electron chi connectivity index (χ3n) is 3.81. The van der Waals surface area contributed by atoms with Gasteiger partial charge in [0.1, 0.15) is 5.78 Å². The molecular formula is C13H23NO. The molecule has 0 radical (unpaired) electrons. The van der Waals surface area contributed by atoms with Gasteiger partial charge in [-0.25, -0.2) is 0 Å². The number of rotatable bonds is 2. The van der Waals surface area contributed by atoms with Gasteiger partial charge in [-0.3, -0.25) is 4.79 Å². The summed E-state index contributed by atoms with van der Waals surface area (Å²) in [6.07, 6.45) is 3.06. The molecule has 2 nitrogen and oxygen atoms in total. The number of carbonyl (C=O) groups is 1. The second kappa shape index (κ2) is 3.89. The van der Waals surface area contributed by atoms with Gasteiger partial charge in [0, 0.05) is 32.0 Å². The molecule has 0 aromatic rings. The van der Waals surface area contributed by atoms with Crippen molar-refractivity contribution in [2.75, 3.05) is 19.6 Å². The van der Waals surface area contributed by atoms with Crippen LogP contribution in [0.3, 0.4) is 0 Å². The lowest BCUT2D eigenvalue weighted by Gasteiger charge is -2.47. The lowest BCUT2D eigenvalue weighted by Crippen LogP contribution is -2.55. The van der Waals surface area contributed by atoms with Crippen molar-refractivity contribution in [3.63, 3.8) is 0 Å². The molecule has 0 bridgehead atoms. The van der Waals surface area contributed by atoms with E-state index < -0.39 is 0 Å². The molecule has 0 spiro atoms. The van der Waals surface area contributed by atoms with Crippen molar-refractivity contribution in [2.45, 2.75) is 40.0 Å². The summed E-state index contributed by atoms with van der Waals surface area (Å²) in [6.45, 7) is 10.2. The Kier molecular flexibility index (Phi) is 2.89. The molecule has 1 saturated heterocycles. The SMILES string of the molecule is CC1CCC(=O)C(CN2CC(C)(C)C2)C1. The van der Waals surface area contributed by atoms with Crippen LogP contribution in [0.15, 0.2) is 0 Å². The average molecular weight is 209 g/mol. The van der Waals surface area contributed by atoms with Crippen LogP contribution < -0.4 is 0 Å². The number of likely N-dealkylation sites (tertiary alicyclic amines) is 1. The van der Waals surface area contributed by atoms with E-state index in [1.165, 1.54) is 13.1 Å². The van der Waals surface area contributed by atoms with E-state index in [9.17, 15) is 4.79 Å². The van der Waals surface area contributed by atoms with Crippen LogP contribution in [-0.4, -0.2) is 30.3 Å². The molecule has 2 rings (SSSR count). The lowest BCUT2D eigenvalue weighted by molar-refractivity contribution is -0.127. The first-order valence-electron chi connectivity index (χ1n) is 6.21. The fraction of sp³-hybridized carbons (Fsp3) is 0.923. The van der Waals surface area contributed by atoms with E-state index in [1.807, 2.05) is 0 Å². The van der Waals surface area contributed by atoms with Crippen LogP contribution in [0.1, 0.15) is 40.0 Å². The van der Waals surface area contributed by atoms with Crippen LogP contribution in [0.25, 0.3) is 0 Å². The summed E-state index contributed by atoms with van der Waals surface area (Å²) in [5, 5.41) is 0. The quantitative estimate of drug-likeness (QED) is 0.695. The van der Waals surface area contributed by atoms with Crippen LogP contribution in [0.2, 0.25) is 0 Å². The molecule has 2 unspecified atom stereocenters. The number of Topliss-reactive ketones (excluding diaryl/α,β-unsaturated/α-hetero) is 1. The predicted molar refractivity (Wildman–Crippen MR) is 61.7 cm³/mol. The molecule has 2 fully saturated rings. The van der Waals surface area contributed by atoms with Crippen molar-refractivity contribution >= 4 is 5.78 Å². The van der Waals surface area contributed by atoms with Crippen molar-refractivity contribution in [1.29, 1.82) is 0 Å². The van der Waals surface area contributed by atoms with E-state index >= 15 is 0 Å².